The van der Waals surface area contributed by atoms with Crippen molar-refractivity contribution in [1.82, 2.24) is 0 Å². The van der Waals surface area contributed by atoms with Crippen LogP contribution in [0.5, 0.6) is 0 Å². The second-order valence-electron chi connectivity index (χ2n) is 3.59. The van der Waals surface area contributed by atoms with E-state index in [0.717, 1.165) is 5.69 Å². The Morgan fingerprint density at radius 2 is 1.89 bits per heavy atom. The van der Waals surface area contributed by atoms with Gasteiger partial charge in [-0.2, -0.15) is 0 Å². The van der Waals surface area contributed by atoms with E-state index in [1.54, 1.807) is 42.6 Å². The molecule has 0 N–H and O–H groups in total. The molecule has 4 nitrogen and oxygen atoms in total. The van der Waals surface area contributed by atoms with Gasteiger partial charge in [0.25, 0.3) is 5.69 Å². The number of nitrogens with zero attached hydrogens (tertiary/aromatic N) is 2. The van der Waals surface area contributed by atoms with Crippen LogP contribution in [0.15, 0.2) is 53.5 Å². The third kappa shape index (κ3) is 3.15. The van der Waals surface area contributed by atoms with Gasteiger partial charge in [0.05, 0.1) is 10.6 Å². The maximum Gasteiger partial charge on any atom is 0.270 e. The fourth-order valence-corrected chi connectivity index (χ4v) is 1.52. The van der Waals surface area contributed by atoms with E-state index in [1.165, 1.54) is 12.1 Å². The van der Waals surface area contributed by atoms with Gasteiger partial charge in [-0.15, -0.1) is 0 Å². The summed E-state index contributed by atoms with van der Waals surface area (Å²) < 4.78 is 0. The SMILES string of the molecule is O=[N+]([O-])c1cccc(/C=N/c2ccc(Cl)cc2)c1. The molecule has 0 radical (unpaired) electrons. The minimum absolute atomic E-state index is 0.0510. The molecule has 0 amide bonds. The molecule has 90 valence electrons. The summed E-state index contributed by atoms with van der Waals surface area (Å²) in [5.74, 6) is 0. The quantitative estimate of drug-likeness (QED) is 0.476. The summed E-state index contributed by atoms with van der Waals surface area (Å²) in [7, 11) is 0. The van der Waals surface area contributed by atoms with E-state index in [1.807, 2.05) is 0 Å². The van der Waals surface area contributed by atoms with Gasteiger partial charge < -0.3 is 0 Å². The zero-order valence-corrected chi connectivity index (χ0v) is 10.0. The molecule has 0 aliphatic heterocycles. The molecule has 2 aromatic carbocycles. The number of nitro groups is 1. The van der Waals surface area contributed by atoms with Crippen LogP contribution in [0.25, 0.3) is 0 Å². The summed E-state index contributed by atoms with van der Waals surface area (Å²) in [5.41, 5.74) is 1.47. The number of nitro benzene ring substituents is 1. The van der Waals surface area contributed by atoms with Crippen molar-refractivity contribution in [2.75, 3.05) is 0 Å². The molecule has 0 aromatic heterocycles. The number of aliphatic imine (C=N–C) groups is 1. The lowest BCUT2D eigenvalue weighted by Gasteiger charge is -1.95. The summed E-state index contributed by atoms with van der Waals surface area (Å²) in [4.78, 5) is 14.4. The van der Waals surface area contributed by atoms with Crippen LogP contribution < -0.4 is 0 Å². The molecule has 2 rings (SSSR count). The molecule has 0 saturated carbocycles. The predicted molar refractivity (Wildman–Crippen MR) is 71.8 cm³/mol. The lowest BCUT2D eigenvalue weighted by Crippen LogP contribution is -1.89. The van der Waals surface area contributed by atoms with E-state index in [4.69, 9.17) is 11.6 Å². The van der Waals surface area contributed by atoms with Gasteiger partial charge in [-0.25, -0.2) is 0 Å². The summed E-state index contributed by atoms with van der Waals surface area (Å²) >= 11 is 5.76. The highest BCUT2D eigenvalue weighted by Crippen LogP contribution is 2.17. The van der Waals surface area contributed by atoms with E-state index in [0.29, 0.717) is 10.6 Å². The molecule has 5 heteroatoms. The normalized spacial score (nSPS) is 10.7. The lowest BCUT2D eigenvalue weighted by molar-refractivity contribution is -0.384. The first-order valence-corrected chi connectivity index (χ1v) is 5.57. The largest absolute Gasteiger partial charge is 0.270 e. The van der Waals surface area contributed by atoms with Crippen molar-refractivity contribution in [3.8, 4) is 0 Å². The zero-order chi connectivity index (χ0) is 13.0. The van der Waals surface area contributed by atoms with Gasteiger partial charge in [0.2, 0.25) is 0 Å². The Labute approximate surface area is 109 Å². The van der Waals surface area contributed by atoms with Crippen LogP contribution in [0.4, 0.5) is 11.4 Å². The van der Waals surface area contributed by atoms with E-state index < -0.39 is 4.92 Å². The van der Waals surface area contributed by atoms with Crippen LogP contribution in [0.2, 0.25) is 5.02 Å². The molecule has 0 bridgehead atoms. The molecular formula is C13H9ClN2O2. The van der Waals surface area contributed by atoms with Gasteiger partial charge in [-0.05, 0) is 29.8 Å². The van der Waals surface area contributed by atoms with Crippen molar-refractivity contribution in [2.24, 2.45) is 4.99 Å². The van der Waals surface area contributed by atoms with Gasteiger partial charge >= 0.3 is 0 Å². The molecule has 0 atom stereocenters. The summed E-state index contributed by atoms with van der Waals surface area (Å²) in [6.45, 7) is 0. The first-order chi connectivity index (χ1) is 8.65. The number of non-ortho nitro benzene ring substituents is 1. The van der Waals surface area contributed by atoms with Crippen molar-refractivity contribution < 1.29 is 4.92 Å². The summed E-state index contributed by atoms with van der Waals surface area (Å²) in [6, 6.07) is 13.3. The smallest absolute Gasteiger partial charge is 0.258 e. The molecule has 0 fully saturated rings. The first-order valence-electron chi connectivity index (χ1n) is 5.19. The van der Waals surface area contributed by atoms with E-state index in [-0.39, 0.29) is 5.69 Å². The van der Waals surface area contributed by atoms with E-state index in [2.05, 4.69) is 4.99 Å². The van der Waals surface area contributed by atoms with Crippen LogP contribution in [-0.4, -0.2) is 11.1 Å². The molecule has 0 saturated heterocycles. The second-order valence-corrected chi connectivity index (χ2v) is 4.02. The van der Waals surface area contributed by atoms with Crippen molar-refractivity contribution in [1.29, 1.82) is 0 Å². The molecule has 0 aliphatic carbocycles. The first kappa shape index (κ1) is 12.3. The fraction of sp³-hybridized carbons (Fsp3) is 0. The highest BCUT2D eigenvalue weighted by atomic mass is 35.5. The Balaban J connectivity index is 2.20. The van der Waals surface area contributed by atoms with E-state index >= 15 is 0 Å². The highest BCUT2D eigenvalue weighted by molar-refractivity contribution is 6.30. The average molecular weight is 261 g/mol. The minimum Gasteiger partial charge on any atom is -0.258 e. The lowest BCUT2D eigenvalue weighted by atomic mass is 10.2. The highest BCUT2D eigenvalue weighted by Gasteiger charge is 2.03. The Hall–Kier alpha value is -2.20. The maximum atomic E-state index is 10.6. The number of hydrogen-bond acceptors (Lipinski definition) is 3. The monoisotopic (exact) mass is 260 g/mol. The summed E-state index contributed by atoms with van der Waals surface area (Å²) in [5, 5.41) is 11.3. The van der Waals surface area contributed by atoms with E-state index in [9.17, 15) is 10.1 Å². The van der Waals surface area contributed by atoms with Crippen LogP contribution in [0.3, 0.4) is 0 Å². The molecule has 2 aromatic rings. The minimum atomic E-state index is -0.431. The molecular weight excluding hydrogens is 252 g/mol. The number of hydrogen-bond donors (Lipinski definition) is 0. The fourth-order valence-electron chi connectivity index (χ4n) is 1.39. The van der Waals surface area contributed by atoms with Crippen LogP contribution in [-0.2, 0) is 0 Å². The molecule has 0 heterocycles. The standard InChI is InChI=1S/C13H9ClN2O2/c14-11-4-6-12(7-5-11)15-9-10-2-1-3-13(8-10)16(17)18/h1-9H/b15-9+. The predicted octanol–water partition coefficient (Wildman–Crippen LogP) is 4.00. The van der Waals surface area contributed by atoms with Crippen molar-refractivity contribution >= 4 is 29.2 Å². The van der Waals surface area contributed by atoms with Gasteiger partial charge in [0.15, 0.2) is 0 Å². The Kier molecular flexibility index (Phi) is 3.69. The molecule has 0 aliphatic rings. The Morgan fingerprint density at radius 3 is 2.56 bits per heavy atom. The topological polar surface area (TPSA) is 55.5 Å². The van der Waals surface area contributed by atoms with Gasteiger partial charge in [0.1, 0.15) is 0 Å². The molecule has 18 heavy (non-hydrogen) atoms. The second kappa shape index (κ2) is 5.42. The molecule has 0 spiro atoms. The van der Waals surface area contributed by atoms with Crippen molar-refractivity contribution in [3.05, 3.63) is 69.2 Å². The summed E-state index contributed by atoms with van der Waals surface area (Å²) in [6.07, 6.45) is 1.58. The zero-order valence-electron chi connectivity index (χ0n) is 9.29. The Bertz CT molecular complexity index is 594. The number of rotatable bonds is 3. The number of halogens is 1. The van der Waals surface area contributed by atoms with Gasteiger partial charge in [-0.1, -0.05) is 23.7 Å². The third-order valence-electron chi connectivity index (χ3n) is 2.27. The van der Waals surface area contributed by atoms with Crippen LogP contribution in [0.1, 0.15) is 5.56 Å². The molecule has 0 unspecified atom stereocenters. The number of benzene rings is 2. The average Bonchev–Trinajstić information content (AvgIpc) is 2.38. The Morgan fingerprint density at radius 1 is 1.17 bits per heavy atom. The van der Waals surface area contributed by atoms with Crippen molar-refractivity contribution in [2.45, 2.75) is 0 Å². The third-order valence-corrected chi connectivity index (χ3v) is 2.52. The van der Waals surface area contributed by atoms with Gasteiger partial charge in [0, 0.05) is 23.4 Å². The van der Waals surface area contributed by atoms with Crippen LogP contribution >= 0.6 is 11.6 Å². The maximum absolute atomic E-state index is 10.6. The van der Waals surface area contributed by atoms with Crippen molar-refractivity contribution in [3.63, 3.8) is 0 Å². The van der Waals surface area contributed by atoms with Gasteiger partial charge in [-0.3, -0.25) is 15.1 Å². The van der Waals surface area contributed by atoms with Crippen LogP contribution in [0, 0.1) is 10.1 Å².